The standard InChI is InChI=1S/C13H22N6/c1-18-7-2-3-10-9-19(8-5-11(10)18)12-4-6-15-13(16-12)17-14/h4,6,10-11H,2-3,5,7-9,14H2,1H3,(H,15,16,17). The molecule has 1 aromatic rings. The third kappa shape index (κ3) is 2.50. The Morgan fingerprint density at radius 3 is 3.11 bits per heavy atom. The maximum atomic E-state index is 5.37. The van der Waals surface area contributed by atoms with Gasteiger partial charge in [-0.15, -0.1) is 0 Å². The monoisotopic (exact) mass is 262 g/mol. The van der Waals surface area contributed by atoms with Crippen molar-refractivity contribution < 1.29 is 0 Å². The predicted octanol–water partition coefficient (Wildman–Crippen LogP) is 0.683. The molecule has 0 saturated carbocycles. The van der Waals surface area contributed by atoms with Gasteiger partial charge in [0.2, 0.25) is 5.95 Å². The molecule has 2 unspecified atom stereocenters. The van der Waals surface area contributed by atoms with E-state index in [0.29, 0.717) is 5.95 Å². The van der Waals surface area contributed by atoms with Gasteiger partial charge in [-0.25, -0.2) is 10.8 Å². The summed E-state index contributed by atoms with van der Waals surface area (Å²) < 4.78 is 0. The smallest absolute Gasteiger partial charge is 0.239 e. The fourth-order valence-electron chi connectivity index (χ4n) is 3.46. The van der Waals surface area contributed by atoms with Crippen LogP contribution in [0.4, 0.5) is 11.8 Å². The number of nitrogens with one attached hydrogen (secondary N) is 1. The van der Waals surface area contributed by atoms with Crippen molar-refractivity contribution >= 4 is 11.8 Å². The quantitative estimate of drug-likeness (QED) is 0.603. The van der Waals surface area contributed by atoms with Crippen LogP contribution in [0.2, 0.25) is 0 Å². The van der Waals surface area contributed by atoms with E-state index in [9.17, 15) is 0 Å². The molecule has 104 valence electrons. The molecule has 3 N–H and O–H groups in total. The minimum absolute atomic E-state index is 0.486. The molecule has 6 nitrogen and oxygen atoms in total. The number of hydrazine groups is 1. The van der Waals surface area contributed by atoms with Crippen LogP contribution in [-0.4, -0.2) is 47.6 Å². The van der Waals surface area contributed by atoms with Crippen LogP contribution in [0.1, 0.15) is 19.3 Å². The van der Waals surface area contributed by atoms with E-state index in [2.05, 4.69) is 32.2 Å². The number of likely N-dealkylation sites (tertiary alicyclic amines) is 1. The molecule has 0 radical (unpaired) electrons. The average Bonchev–Trinajstić information content (AvgIpc) is 2.47. The van der Waals surface area contributed by atoms with Crippen LogP contribution in [0.3, 0.4) is 0 Å². The summed E-state index contributed by atoms with van der Waals surface area (Å²) in [6.07, 6.45) is 5.62. The fraction of sp³-hybridized carbons (Fsp3) is 0.692. The van der Waals surface area contributed by atoms with Crippen LogP contribution >= 0.6 is 0 Å². The molecule has 2 aliphatic heterocycles. The number of rotatable bonds is 2. The Kier molecular flexibility index (Phi) is 3.52. The second-order valence-electron chi connectivity index (χ2n) is 5.57. The first kappa shape index (κ1) is 12.6. The zero-order valence-corrected chi connectivity index (χ0v) is 11.4. The van der Waals surface area contributed by atoms with Crippen LogP contribution in [0, 0.1) is 5.92 Å². The minimum atomic E-state index is 0.486. The summed E-state index contributed by atoms with van der Waals surface area (Å²) in [5.74, 6) is 7.60. The molecule has 2 atom stereocenters. The van der Waals surface area contributed by atoms with Gasteiger partial charge >= 0.3 is 0 Å². The highest BCUT2D eigenvalue weighted by Gasteiger charge is 2.34. The molecule has 0 spiro atoms. The fourth-order valence-corrected chi connectivity index (χ4v) is 3.46. The number of fused-ring (bicyclic) bond motifs is 1. The zero-order valence-electron chi connectivity index (χ0n) is 11.4. The van der Waals surface area contributed by atoms with Crippen molar-refractivity contribution in [2.45, 2.75) is 25.3 Å². The van der Waals surface area contributed by atoms with Crippen LogP contribution < -0.4 is 16.2 Å². The first-order chi connectivity index (χ1) is 9.28. The number of nitrogen functional groups attached to an aromatic ring is 1. The lowest BCUT2D eigenvalue weighted by molar-refractivity contribution is 0.102. The molecule has 6 heteroatoms. The van der Waals surface area contributed by atoms with Crippen molar-refractivity contribution in [3.05, 3.63) is 12.3 Å². The number of anilines is 2. The lowest BCUT2D eigenvalue weighted by Gasteiger charge is -2.46. The van der Waals surface area contributed by atoms with E-state index in [1.54, 1.807) is 6.20 Å². The highest BCUT2D eigenvalue weighted by atomic mass is 15.3. The van der Waals surface area contributed by atoms with Crippen molar-refractivity contribution in [1.82, 2.24) is 14.9 Å². The van der Waals surface area contributed by atoms with Gasteiger partial charge in [0.1, 0.15) is 5.82 Å². The molecule has 2 aliphatic rings. The predicted molar refractivity (Wildman–Crippen MR) is 75.8 cm³/mol. The second kappa shape index (κ2) is 5.30. The molecule has 3 rings (SSSR count). The number of hydrogen-bond donors (Lipinski definition) is 2. The first-order valence-electron chi connectivity index (χ1n) is 7.03. The number of piperidine rings is 2. The molecule has 0 bridgehead atoms. The molecule has 0 aliphatic carbocycles. The average molecular weight is 262 g/mol. The molecule has 2 saturated heterocycles. The van der Waals surface area contributed by atoms with Gasteiger partial charge in [-0.2, -0.15) is 4.98 Å². The summed E-state index contributed by atoms with van der Waals surface area (Å²) in [5, 5.41) is 0. The van der Waals surface area contributed by atoms with Gasteiger partial charge in [0.25, 0.3) is 0 Å². The van der Waals surface area contributed by atoms with Gasteiger partial charge in [-0.3, -0.25) is 5.43 Å². The molecule has 3 heterocycles. The maximum Gasteiger partial charge on any atom is 0.239 e. The van der Waals surface area contributed by atoms with Gasteiger partial charge < -0.3 is 9.80 Å². The van der Waals surface area contributed by atoms with E-state index < -0.39 is 0 Å². The minimum Gasteiger partial charge on any atom is -0.356 e. The molecule has 0 amide bonds. The third-order valence-electron chi connectivity index (χ3n) is 4.44. The normalized spacial score (nSPS) is 28.0. The van der Waals surface area contributed by atoms with Crippen molar-refractivity contribution in [2.75, 3.05) is 37.0 Å². The number of nitrogens with zero attached hydrogens (tertiary/aromatic N) is 4. The summed E-state index contributed by atoms with van der Waals surface area (Å²) in [7, 11) is 2.26. The Labute approximate surface area is 114 Å². The number of nitrogens with two attached hydrogens (primary N) is 1. The van der Waals surface area contributed by atoms with Crippen LogP contribution in [-0.2, 0) is 0 Å². The van der Waals surface area contributed by atoms with E-state index in [1.807, 2.05) is 6.07 Å². The van der Waals surface area contributed by atoms with Gasteiger partial charge in [0, 0.05) is 25.3 Å². The highest BCUT2D eigenvalue weighted by molar-refractivity contribution is 5.42. The van der Waals surface area contributed by atoms with Gasteiger partial charge in [-0.05, 0) is 44.8 Å². The van der Waals surface area contributed by atoms with Crippen LogP contribution in [0.5, 0.6) is 0 Å². The molecular weight excluding hydrogens is 240 g/mol. The number of aromatic nitrogens is 2. The van der Waals surface area contributed by atoms with E-state index in [4.69, 9.17) is 5.84 Å². The van der Waals surface area contributed by atoms with E-state index >= 15 is 0 Å². The molecule has 1 aromatic heterocycles. The van der Waals surface area contributed by atoms with Crippen LogP contribution in [0.15, 0.2) is 12.3 Å². The summed E-state index contributed by atoms with van der Waals surface area (Å²) in [4.78, 5) is 13.4. The van der Waals surface area contributed by atoms with Gasteiger partial charge in [0.05, 0.1) is 0 Å². The molecule has 19 heavy (non-hydrogen) atoms. The summed E-state index contributed by atoms with van der Waals surface area (Å²) in [6, 6.07) is 2.71. The van der Waals surface area contributed by atoms with Crippen molar-refractivity contribution in [3.8, 4) is 0 Å². The maximum absolute atomic E-state index is 5.37. The Hall–Kier alpha value is -1.40. The van der Waals surface area contributed by atoms with Crippen molar-refractivity contribution in [1.29, 1.82) is 0 Å². The Bertz CT molecular complexity index is 437. The van der Waals surface area contributed by atoms with Crippen molar-refractivity contribution in [2.24, 2.45) is 11.8 Å². The SMILES string of the molecule is CN1CCCC2CN(c3ccnc(NN)n3)CCC21. The van der Waals surface area contributed by atoms with E-state index in [1.165, 1.54) is 25.8 Å². The lowest BCUT2D eigenvalue weighted by atomic mass is 9.84. The molecular formula is C13H22N6. The van der Waals surface area contributed by atoms with Gasteiger partial charge in [0.15, 0.2) is 0 Å². The Balaban J connectivity index is 1.73. The summed E-state index contributed by atoms with van der Waals surface area (Å²) in [5.41, 5.74) is 2.51. The molecule has 2 fully saturated rings. The van der Waals surface area contributed by atoms with E-state index in [-0.39, 0.29) is 0 Å². The van der Waals surface area contributed by atoms with Gasteiger partial charge in [-0.1, -0.05) is 0 Å². The second-order valence-corrected chi connectivity index (χ2v) is 5.57. The van der Waals surface area contributed by atoms with E-state index in [0.717, 1.165) is 30.9 Å². The summed E-state index contributed by atoms with van der Waals surface area (Å²) in [6.45, 7) is 3.40. The Morgan fingerprint density at radius 1 is 1.37 bits per heavy atom. The Morgan fingerprint density at radius 2 is 2.26 bits per heavy atom. The topological polar surface area (TPSA) is 70.3 Å². The van der Waals surface area contributed by atoms with Crippen LogP contribution in [0.25, 0.3) is 0 Å². The highest BCUT2D eigenvalue weighted by Crippen LogP contribution is 2.31. The lowest BCUT2D eigenvalue weighted by Crippen LogP contribution is -2.52. The number of hydrogen-bond acceptors (Lipinski definition) is 6. The zero-order chi connectivity index (χ0) is 13.2. The third-order valence-corrected chi connectivity index (χ3v) is 4.44. The van der Waals surface area contributed by atoms with Crippen molar-refractivity contribution in [3.63, 3.8) is 0 Å². The molecule has 0 aromatic carbocycles. The largest absolute Gasteiger partial charge is 0.356 e. The summed E-state index contributed by atoms with van der Waals surface area (Å²) >= 11 is 0. The first-order valence-corrected chi connectivity index (χ1v) is 7.03.